The standard InChI is InChI=1S/C16H15Cl2N3O2/c1-3-9-4-12(16(22)20-8(9)2)19-7-14-21-15-11(18)5-10(17)6-13(15)23-14/h4-6,19H,3,7H2,1-2H3,(H,20,22). The number of aromatic nitrogens is 2. The van der Waals surface area contributed by atoms with Crippen LogP contribution in [-0.4, -0.2) is 9.97 Å². The fourth-order valence-corrected chi connectivity index (χ4v) is 2.93. The summed E-state index contributed by atoms with van der Waals surface area (Å²) in [7, 11) is 0. The van der Waals surface area contributed by atoms with Crippen LogP contribution in [0.15, 0.2) is 27.4 Å². The Bertz CT molecular complexity index is 931. The van der Waals surface area contributed by atoms with E-state index in [1.54, 1.807) is 12.1 Å². The van der Waals surface area contributed by atoms with Crippen molar-refractivity contribution in [3.8, 4) is 0 Å². The number of pyridine rings is 1. The van der Waals surface area contributed by atoms with Gasteiger partial charge in [0.15, 0.2) is 5.58 Å². The van der Waals surface area contributed by atoms with Crippen LogP contribution in [0, 0.1) is 6.92 Å². The number of rotatable bonds is 4. The van der Waals surface area contributed by atoms with Gasteiger partial charge in [0.05, 0.1) is 11.6 Å². The van der Waals surface area contributed by atoms with Crippen LogP contribution in [0.1, 0.15) is 24.1 Å². The first-order valence-corrected chi connectivity index (χ1v) is 7.94. The van der Waals surface area contributed by atoms with Crippen LogP contribution in [0.3, 0.4) is 0 Å². The van der Waals surface area contributed by atoms with Crippen LogP contribution in [0.2, 0.25) is 10.0 Å². The summed E-state index contributed by atoms with van der Waals surface area (Å²) in [6, 6.07) is 5.12. The number of oxazole rings is 1. The van der Waals surface area contributed by atoms with Gasteiger partial charge in [0.1, 0.15) is 11.2 Å². The molecule has 0 bridgehead atoms. The summed E-state index contributed by atoms with van der Waals surface area (Å²) >= 11 is 12.0. The Morgan fingerprint density at radius 2 is 2.09 bits per heavy atom. The van der Waals surface area contributed by atoms with E-state index in [1.807, 2.05) is 19.9 Å². The van der Waals surface area contributed by atoms with Crippen LogP contribution < -0.4 is 10.9 Å². The van der Waals surface area contributed by atoms with Gasteiger partial charge in [-0.25, -0.2) is 4.98 Å². The van der Waals surface area contributed by atoms with E-state index in [0.29, 0.717) is 32.7 Å². The van der Waals surface area contributed by atoms with Crippen molar-refractivity contribution in [1.82, 2.24) is 9.97 Å². The molecule has 120 valence electrons. The fourth-order valence-electron chi connectivity index (χ4n) is 2.41. The lowest BCUT2D eigenvalue weighted by atomic mass is 10.1. The van der Waals surface area contributed by atoms with Crippen molar-refractivity contribution in [2.45, 2.75) is 26.8 Å². The second kappa shape index (κ2) is 6.26. The third-order valence-electron chi connectivity index (χ3n) is 3.61. The van der Waals surface area contributed by atoms with E-state index in [1.165, 1.54) is 0 Å². The molecule has 0 saturated heterocycles. The predicted octanol–water partition coefficient (Wildman–Crippen LogP) is 4.31. The number of hydrogen-bond donors (Lipinski definition) is 2. The largest absolute Gasteiger partial charge is 0.439 e. The summed E-state index contributed by atoms with van der Waals surface area (Å²) in [4.78, 5) is 19.1. The number of halogens is 2. The average molecular weight is 352 g/mol. The molecule has 0 radical (unpaired) electrons. The molecule has 0 aliphatic rings. The molecule has 0 amide bonds. The number of aryl methyl sites for hydroxylation is 2. The Morgan fingerprint density at radius 1 is 1.30 bits per heavy atom. The van der Waals surface area contributed by atoms with Crippen molar-refractivity contribution in [3.05, 3.63) is 55.7 Å². The number of hydrogen-bond acceptors (Lipinski definition) is 4. The molecule has 7 heteroatoms. The maximum Gasteiger partial charge on any atom is 0.271 e. The smallest absolute Gasteiger partial charge is 0.271 e. The van der Waals surface area contributed by atoms with E-state index in [4.69, 9.17) is 27.6 Å². The summed E-state index contributed by atoms with van der Waals surface area (Å²) in [5.41, 5.74) is 3.35. The van der Waals surface area contributed by atoms with Gasteiger partial charge in [-0.2, -0.15) is 0 Å². The van der Waals surface area contributed by atoms with Gasteiger partial charge >= 0.3 is 0 Å². The van der Waals surface area contributed by atoms with Gasteiger partial charge in [-0.3, -0.25) is 4.79 Å². The second-order valence-electron chi connectivity index (χ2n) is 5.21. The molecule has 0 atom stereocenters. The van der Waals surface area contributed by atoms with Gasteiger partial charge in [-0.1, -0.05) is 30.1 Å². The molecule has 2 heterocycles. The highest BCUT2D eigenvalue weighted by molar-refractivity contribution is 6.38. The summed E-state index contributed by atoms with van der Waals surface area (Å²) in [6.07, 6.45) is 0.842. The Morgan fingerprint density at radius 3 is 2.83 bits per heavy atom. The second-order valence-corrected chi connectivity index (χ2v) is 6.06. The number of anilines is 1. The van der Waals surface area contributed by atoms with Crippen LogP contribution in [0.25, 0.3) is 11.1 Å². The van der Waals surface area contributed by atoms with Gasteiger partial charge in [0.25, 0.3) is 5.56 Å². The molecule has 23 heavy (non-hydrogen) atoms. The third-order valence-corrected chi connectivity index (χ3v) is 4.12. The molecule has 0 saturated carbocycles. The first kappa shape index (κ1) is 15.9. The lowest BCUT2D eigenvalue weighted by molar-refractivity contribution is 0.540. The van der Waals surface area contributed by atoms with E-state index in [9.17, 15) is 4.79 Å². The highest BCUT2D eigenvalue weighted by Crippen LogP contribution is 2.28. The lowest BCUT2D eigenvalue weighted by Crippen LogP contribution is -2.16. The van der Waals surface area contributed by atoms with E-state index < -0.39 is 0 Å². The molecule has 5 nitrogen and oxygen atoms in total. The van der Waals surface area contributed by atoms with Crippen LogP contribution in [-0.2, 0) is 13.0 Å². The fraction of sp³-hybridized carbons (Fsp3) is 0.250. The molecule has 0 aliphatic heterocycles. The van der Waals surface area contributed by atoms with Crippen LogP contribution in [0.4, 0.5) is 5.69 Å². The molecule has 0 unspecified atom stereocenters. The quantitative estimate of drug-likeness (QED) is 0.734. The average Bonchev–Trinajstić information content (AvgIpc) is 2.89. The Balaban J connectivity index is 1.86. The van der Waals surface area contributed by atoms with Crippen molar-refractivity contribution in [2.24, 2.45) is 0 Å². The highest BCUT2D eigenvalue weighted by atomic mass is 35.5. The van der Waals surface area contributed by atoms with Gasteiger partial charge in [-0.05, 0) is 31.0 Å². The maximum atomic E-state index is 12.0. The number of nitrogens with zero attached hydrogens (tertiary/aromatic N) is 1. The molecule has 2 aromatic heterocycles. The molecule has 3 aromatic rings. The van der Waals surface area contributed by atoms with Crippen molar-refractivity contribution < 1.29 is 4.42 Å². The number of H-pyrrole nitrogens is 1. The molecule has 0 fully saturated rings. The van der Waals surface area contributed by atoms with Gasteiger partial charge < -0.3 is 14.7 Å². The zero-order valence-corrected chi connectivity index (χ0v) is 14.2. The lowest BCUT2D eigenvalue weighted by Gasteiger charge is -2.07. The number of benzene rings is 1. The zero-order valence-electron chi connectivity index (χ0n) is 12.7. The predicted molar refractivity (Wildman–Crippen MR) is 92.5 cm³/mol. The van der Waals surface area contributed by atoms with E-state index >= 15 is 0 Å². The maximum absolute atomic E-state index is 12.0. The monoisotopic (exact) mass is 351 g/mol. The zero-order chi connectivity index (χ0) is 16.6. The Kier molecular flexibility index (Phi) is 4.33. The number of fused-ring (bicyclic) bond motifs is 1. The third kappa shape index (κ3) is 3.21. The van der Waals surface area contributed by atoms with Gasteiger partial charge in [0.2, 0.25) is 5.89 Å². The SMILES string of the molecule is CCc1cc(NCc2nc3c(Cl)cc(Cl)cc3o2)c(=O)[nH]c1C. The molecular weight excluding hydrogens is 337 g/mol. The molecule has 1 aromatic carbocycles. The van der Waals surface area contributed by atoms with Crippen molar-refractivity contribution >= 4 is 40.0 Å². The molecule has 2 N–H and O–H groups in total. The molecule has 0 spiro atoms. The minimum atomic E-state index is -0.170. The molecule has 0 aliphatic carbocycles. The number of nitrogens with one attached hydrogen (secondary N) is 2. The van der Waals surface area contributed by atoms with Gasteiger partial charge in [-0.15, -0.1) is 0 Å². The van der Waals surface area contributed by atoms with Crippen LogP contribution in [0.5, 0.6) is 0 Å². The summed E-state index contributed by atoms with van der Waals surface area (Å²) in [6.45, 7) is 4.20. The number of aromatic amines is 1. The van der Waals surface area contributed by atoms with Crippen molar-refractivity contribution in [3.63, 3.8) is 0 Å². The summed E-state index contributed by atoms with van der Waals surface area (Å²) < 4.78 is 5.62. The normalized spacial score (nSPS) is 11.1. The van der Waals surface area contributed by atoms with Crippen molar-refractivity contribution in [2.75, 3.05) is 5.32 Å². The highest BCUT2D eigenvalue weighted by Gasteiger charge is 2.11. The van der Waals surface area contributed by atoms with E-state index in [-0.39, 0.29) is 12.1 Å². The molecule has 3 rings (SSSR count). The van der Waals surface area contributed by atoms with E-state index in [2.05, 4.69) is 15.3 Å². The first-order valence-electron chi connectivity index (χ1n) is 7.19. The van der Waals surface area contributed by atoms with E-state index in [0.717, 1.165) is 17.7 Å². The van der Waals surface area contributed by atoms with Gasteiger partial charge in [0, 0.05) is 16.8 Å². The minimum Gasteiger partial charge on any atom is -0.439 e. The summed E-state index contributed by atoms with van der Waals surface area (Å²) in [5.74, 6) is 0.433. The Hall–Kier alpha value is -1.98. The topological polar surface area (TPSA) is 70.9 Å². The van der Waals surface area contributed by atoms with Crippen LogP contribution >= 0.6 is 23.2 Å². The first-order chi connectivity index (χ1) is 11.0. The summed E-state index contributed by atoms with van der Waals surface area (Å²) in [5, 5.41) is 3.97. The van der Waals surface area contributed by atoms with Crippen molar-refractivity contribution in [1.29, 1.82) is 0 Å². The Labute approximate surface area is 142 Å². The minimum absolute atomic E-state index is 0.170. The molecular formula is C16H15Cl2N3O2.